The predicted molar refractivity (Wildman–Crippen MR) is 106 cm³/mol. The minimum atomic E-state index is -1.10. The van der Waals surface area contributed by atoms with Crippen molar-refractivity contribution in [1.82, 2.24) is 0 Å². The SMILES string of the molecule is CC(c1ccccc1)c1ccc(C(=O)O)c(O)c1C(C)(C)CC(C)(C)C. The number of phenols is 1. The monoisotopic (exact) mass is 354 g/mol. The van der Waals surface area contributed by atoms with Crippen LogP contribution in [-0.2, 0) is 5.41 Å². The molecule has 0 radical (unpaired) electrons. The van der Waals surface area contributed by atoms with Gasteiger partial charge in [0.15, 0.2) is 0 Å². The van der Waals surface area contributed by atoms with Gasteiger partial charge in [-0.05, 0) is 34.4 Å². The zero-order valence-electron chi connectivity index (χ0n) is 16.6. The lowest BCUT2D eigenvalue weighted by Gasteiger charge is -2.36. The van der Waals surface area contributed by atoms with Gasteiger partial charge in [0.25, 0.3) is 0 Å². The van der Waals surface area contributed by atoms with Crippen LogP contribution in [0.4, 0.5) is 0 Å². The summed E-state index contributed by atoms with van der Waals surface area (Å²) in [7, 11) is 0. The number of carboxylic acid groups (broad SMARTS) is 1. The van der Waals surface area contributed by atoms with E-state index in [9.17, 15) is 15.0 Å². The Balaban J connectivity index is 2.69. The molecule has 0 bridgehead atoms. The molecule has 3 heteroatoms. The van der Waals surface area contributed by atoms with Gasteiger partial charge in [0.05, 0.1) is 0 Å². The van der Waals surface area contributed by atoms with E-state index < -0.39 is 5.97 Å². The maximum atomic E-state index is 11.6. The van der Waals surface area contributed by atoms with Crippen LogP contribution in [0, 0.1) is 5.41 Å². The summed E-state index contributed by atoms with van der Waals surface area (Å²) in [5, 5.41) is 20.4. The lowest BCUT2D eigenvalue weighted by atomic mass is 9.68. The third-order valence-corrected chi connectivity index (χ3v) is 4.86. The van der Waals surface area contributed by atoms with Crippen LogP contribution in [0.2, 0.25) is 0 Å². The Morgan fingerprint density at radius 3 is 2.08 bits per heavy atom. The van der Waals surface area contributed by atoms with Gasteiger partial charge in [-0.3, -0.25) is 0 Å². The van der Waals surface area contributed by atoms with Crippen molar-refractivity contribution in [3.05, 3.63) is 64.7 Å². The molecule has 3 nitrogen and oxygen atoms in total. The molecule has 26 heavy (non-hydrogen) atoms. The molecule has 0 aliphatic rings. The van der Waals surface area contributed by atoms with Gasteiger partial charge in [-0.1, -0.05) is 77.9 Å². The molecule has 2 N–H and O–H groups in total. The Kier molecular flexibility index (Phi) is 5.50. The number of aromatic carboxylic acids is 1. The standard InChI is InChI=1S/C23H30O3/c1-15(16-10-8-7-9-11-16)17-12-13-18(21(25)26)20(24)19(17)23(5,6)14-22(2,3)4/h7-13,15,24H,14H2,1-6H3,(H,25,26). The second-order valence-corrected chi connectivity index (χ2v) is 8.98. The first kappa shape index (κ1) is 20.0. The van der Waals surface area contributed by atoms with Gasteiger partial charge in [-0.15, -0.1) is 0 Å². The largest absolute Gasteiger partial charge is 0.507 e. The molecular formula is C23H30O3. The van der Waals surface area contributed by atoms with E-state index >= 15 is 0 Å². The predicted octanol–water partition coefficient (Wildman–Crippen LogP) is 5.96. The number of hydrogen-bond donors (Lipinski definition) is 2. The fourth-order valence-corrected chi connectivity index (χ4v) is 4.19. The maximum absolute atomic E-state index is 11.6. The van der Waals surface area contributed by atoms with Crippen LogP contribution in [-0.4, -0.2) is 16.2 Å². The van der Waals surface area contributed by atoms with E-state index in [2.05, 4.69) is 53.7 Å². The van der Waals surface area contributed by atoms with Crippen molar-refractivity contribution >= 4 is 5.97 Å². The Morgan fingerprint density at radius 1 is 1.00 bits per heavy atom. The van der Waals surface area contributed by atoms with Crippen molar-refractivity contribution in [3.8, 4) is 5.75 Å². The number of carboxylic acids is 1. The number of hydrogen-bond acceptors (Lipinski definition) is 2. The average Bonchev–Trinajstić information content (AvgIpc) is 2.51. The highest BCUT2D eigenvalue weighted by atomic mass is 16.4. The minimum Gasteiger partial charge on any atom is -0.507 e. The first-order valence-electron chi connectivity index (χ1n) is 9.08. The molecule has 1 atom stereocenters. The van der Waals surface area contributed by atoms with Gasteiger partial charge in [0.2, 0.25) is 0 Å². The number of aromatic hydroxyl groups is 1. The Bertz CT molecular complexity index is 783. The van der Waals surface area contributed by atoms with E-state index in [4.69, 9.17) is 0 Å². The zero-order chi connectivity index (χ0) is 19.7. The molecule has 0 amide bonds. The van der Waals surface area contributed by atoms with Crippen LogP contribution in [0.15, 0.2) is 42.5 Å². The summed E-state index contributed by atoms with van der Waals surface area (Å²) < 4.78 is 0. The van der Waals surface area contributed by atoms with Crippen molar-refractivity contribution in [2.24, 2.45) is 5.41 Å². The highest BCUT2D eigenvalue weighted by molar-refractivity contribution is 5.91. The highest BCUT2D eigenvalue weighted by Gasteiger charge is 2.34. The highest BCUT2D eigenvalue weighted by Crippen LogP contribution is 2.45. The minimum absolute atomic E-state index is 0.0361. The third kappa shape index (κ3) is 4.27. The molecular weight excluding hydrogens is 324 g/mol. The number of rotatable bonds is 5. The van der Waals surface area contributed by atoms with Gasteiger partial charge in [0.1, 0.15) is 11.3 Å². The van der Waals surface area contributed by atoms with Crippen molar-refractivity contribution in [2.75, 3.05) is 0 Å². The van der Waals surface area contributed by atoms with Gasteiger partial charge in [0, 0.05) is 11.5 Å². The van der Waals surface area contributed by atoms with Crippen LogP contribution in [0.1, 0.15) is 80.9 Å². The molecule has 0 fully saturated rings. The van der Waals surface area contributed by atoms with Crippen LogP contribution < -0.4 is 0 Å². The van der Waals surface area contributed by atoms with Crippen molar-refractivity contribution < 1.29 is 15.0 Å². The second-order valence-electron chi connectivity index (χ2n) is 8.98. The van der Waals surface area contributed by atoms with Gasteiger partial charge in [-0.25, -0.2) is 4.79 Å². The van der Waals surface area contributed by atoms with E-state index in [1.54, 1.807) is 0 Å². The second kappa shape index (κ2) is 7.14. The first-order chi connectivity index (χ1) is 11.9. The normalized spacial score (nSPS) is 13.5. The number of benzene rings is 2. The summed E-state index contributed by atoms with van der Waals surface area (Å²) in [6, 6.07) is 13.5. The lowest BCUT2D eigenvalue weighted by Crippen LogP contribution is -2.27. The maximum Gasteiger partial charge on any atom is 0.339 e. The van der Waals surface area contributed by atoms with Gasteiger partial charge >= 0.3 is 5.97 Å². The molecule has 0 aromatic heterocycles. The molecule has 1 unspecified atom stereocenters. The third-order valence-electron chi connectivity index (χ3n) is 4.86. The molecule has 2 rings (SSSR count). The van der Waals surface area contributed by atoms with Crippen molar-refractivity contribution in [3.63, 3.8) is 0 Å². The molecule has 0 aliphatic carbocycles. The summed E-state index contributed by atoms with van der Waals surface area (Å²) in [6.45, 7) is 12.7. The Hall–Kier alpha value is -2.29. The molecule has 0 saturated heterocycles. The summed E-state index contributed by atoms with van der Waals surface area (Å²) >= 11 is 0. The van der Waals surface area contributed by atoms with Crippen LogP contribution >= 0.6 is 0 Å². The first-order valence-corrected chi connectivity index (χ1v) is 9.08. The smallest absolute Gasteiger partial charge is 0.339 e. The topological polar surface area (TPSA) is 57.5 Å². The molecule has 140 valence electrons. The fourth-order valence-electron chi connectivity index (χ4n) is 4.19. The van der Waals surface area contributed by atoms with Gasteiger partial charge in [-0.2, -0.15) is 0 Å². The van der Waals surface area contributed by atoms with E-state index in [1.807, 2.05) is 24.3 Å². The Morgan fingerprint density at radius 2 is 1.58 bits per heavy atom. The molecule has 2 aromatic rings. The molecule has 0 aliphatic heterocycles. The number of carbonyl (C=O) groups is 1. The molecule has 0 heterocycles. The van der Waals surface area contributed by atoms with Crippen LogP contribution in [0.5, 0.6) is 5.75 Å². The van der Waals surface area contributed by atoms with E-state index in [0.717, 1.165) is 23.1 Å². The van der Waals surface area contributed by atoms with Gasteiger partial charge < -0.3 is 10.2 Å². The summed E-state index contributed by atoms with van der Waals surface area (Å²) in [6.07, 6.45) is 0.825. The summed E-state index contributed by atoms with van der Waals surface area (Å²) in [5.41, 5.74) is 2.50. The van der Waals surface area contributed by atoms with E-state index in [-0.39, 0.29) is 28.1 Å². The fraction of sp³-hybridized carbons (Fsp3) is 0.435. The van der Waals surface area contributed by atoms with E-state index in [1.165, 1.54) is 6.07 Å². The Labute approximate surface area is 156 Å². The van der Waals surface area contributed by atoms with Crippen molar-refractivity contribution in [1.29, 1.82) is 0 Å². The quantitative estimate of drug-likeness (QED) is 0.697. The van der Waals surface area contributed by atoms with E-state index in [0.29, 0.717) is 0 Å². The van der Waals surface area contributed by atoms with Crippen LogP contribution in [0.3, 0.4) is 0 Å². The summed E-state index contributed by atoms with van der Waals surface area (Å²) in [4.78, 5) is 11.6. The molecule has 0 saturated carbocycles. The zero-order valence-corrected chi connectivity index (χ0v) is 16.6. The molecule has 0 spiro atoms. The summed E-state index contributed by atoms with van der Waals surface area (Å²) in [5.74, 6) is -1.15. The molecule has 2 aromatic carbocycles. The van der Waals surface area contributed by atoms with Crippen molar-refractivity contribution in [2.45, 2.75) is 59.3 Å². The van der Waals surface area contributed by atoms with Crippen LogP contribution in [0.25, 0.3) is 0 Å². The lowest BCUT2D eigenvalue weighted by molar-refractivity contribution is 0.0693. The average molecular weight is 354 g/mol.